The van der Waals surface area contributed by atoms with Gasteiger partial charge in [0.2, 0.25) is 0 Å². The van der Waals surface area contributed by atoms with Crippen LogP contribution in [0.1, 0.15) is 25.7 Å². The van der Waals surface area contributed by atoms with Gasteiger partial charge in [0.25, 0.3) is 0 Å². The van der Waals surface area contributed by atoms with Crippen LogP contribution in [0.25, 0.3) is 0 Å². The Morgan fingerprint density at radius 3 is 2.19 bits per heavy atom. The summed E-state index contributed by atoms with van der Waals surface area (Å²) >= 11 is 0. The molecule has 0 atom stereocenters. The highest BCUT2D eigenvalue weighted by Crippen LogP contribution is 2.38. The molecule has 1 rings (SSSR count). The van der Waals surface area contributed by atoms with E-state index in [0.29, 0.717) is 18.9 Å². The SMILES string of the molecule is CNCCN(C)C1CCC(C(F)(F)F)CC1. The number of likely N-dealkylation sites (N-methyl/N-ethyl adjacent to an activating group) is 2. The fourth-order valence-electron chi connectivity index (χ4n) is 2.31. The maximum absolute atomic E-state index is 12.4. The van der Waals surface area contributed by atoms with Gasteiger partial charge < -0.3 is 10.2 Å². The molecule has 1 N–H and O–H groups in total. The van der Waals surface area contributed by atoms with E-state index in [-0.39, 0.29) is 12.8 Å². The molecule has 1 aliphatic carbocycles. The molecule has 0 radical (unpaired) electrons. The number of nitrogens with one attached hydrogen (secondary N) is 1. The number of halogens is 3. The van der Waals surface area contributed by atoms with E-state index in [1.807, 2.05) is 14.1 Å². The van der Waals surface area contributed by atoms with Crippen LogP contribution < -0.4 is 5.32 Å². The van der Waals surface area contributed by atoms with Crippen LogP contribution >= 0.6 is 0 Å². The van der Waals surface area contributed by atoms with Crippen molar-refractivity contribution in [2.24, 2.45) is 5.92 Å². The average molecular weight is 238 g/mol. The normalized spacial score (nSPS) is 27.4. The Kier molecular flexibility index (Phi) is 5.05. The standard InChI is InChI=1S/C11H21F3N2/c1-15-7-8-16(2)10-5-3-9(4-6-10)11(12,13)14/h9-10,15H,3-8H2,1-2H3. The number of hydrogen-bond acceptors (Lipinski definition) is 2. The lowest BCUT2D eigenvalue weighted by Gasteiger charge is -2.35. The molecule has 1 fully saturated rings. The van der Waals surface area contributed by atoms with Crippen molar-refractivity contribution in [1.29, 1.82) is 0 Å². The van der Waals surface area contributed by atoms with Gasteiger partial charge >= 0.3 is 6.18 Å². The van der Waals surface area contributed by atoms with Crippen LogP contribution in [-0.4, -0.2) is 44.3 Å². The zero-order valence-corrected chi connectivity index (χ0v) is 9.98. The molecule has 0 spiro atoms. The Morgan fingerprint density at radius 1 is 1.19 bits per heavy atom. The fraction of sp³-hybridized carbons (Fsp3) is 1.00. The Morgan fingerprint density at radius 2 is 1.75 bits per heavy atom. The Balaban J connectivity index is 2.31. The third kappa shape index (κ3) is 3.94. The Labute approximate surface area is 95.2 Å². The van der Waals surface area contributed by atoms with E-state index in [4.69, 9.17) is 0 Å². The lowest BCUT2D eigenvalue weighted by Crippen LogP contribution is -2.40. The summed E-state index contributed by atoms with van der Waals surface area (Å²) in [6.45, 7) is 1.79. The first-order chi connectivity index (χ1) is 7.45. The number of nitrogens with zero attached hydrogens (tertiary/aromatic N) is 1. The molecule has 0 saturated heterocycles. The zero-order valence-electron chi connectivity index (χ0n) is 9.98. The van der Waals surface area contributed by atoms with Crippen LogP contribution in [0.3, 0.4) is 0 Å². The quantitative estimate of drug-likeness (QED) is 0.808. The van der Waals surface area contributed by atoms with E-state index >= 15 is 0 Å². The van der Waals surface area contributed by atoms with Gasteiger partial charge in [-0.3, -0.25) is 0 Å². The first-order valence-corrected chi connectivity index (χ1v) is 5.86. The molecule has 0 aromatic heterocycles. The van der Waals surface area contributed by atoms with Crippen molar-refractivity contribution in [2.45, 2.75) is 37.9 Å². The molecule has 0 aliphatic heterocycles. The monoisotopic (exact) mass is 238 g/mol. The second-order valence-corrected chi connectivity index (χ2v) is 4.63. The van der Waals surface area contributed by atoms with Crippen molar-refractivity contribution >= 4 is 0 Å². The highest BCUT2D eigenvalue weighted by molar-refractivity contribution is 4.81. The van der Waals surface area contributed by atoms with Crippen molar-refractivity contribution in [3.63, 3.8) is 0 Å². The summed E-state index contributed by atoms with van der Waals surface area (Å²) in [5.41, 5.74) is 0. The third-order valence-electron chi connectivity index (χ3n) is 3.50. The predicted molar refractivity (Wildman–Crippen MR) is 58.4 cm³/mol. The molecule has 5 heteroatoms. The Bertz CT molecular complexity index is 198. The average Bonchev–Trinajstić information content (AvgIpc) is 2.25. The molecular formula is C11H21F3N2. The number of rotatable bonds is 4. The van der Waals surface area contributed by atoms with Crippen LogP contribution in [0.15, 0.2) is 0 Å². The van der Waals surface area contributed by atoms with E-state index in [1.165, 1.54) is 0 Å². The fourth-order valence-corrected chi connectivity index (χ4v) is 2.31. The van der Waals surface area contributed by atoms with Gasteiger partial charge in [-0.2, -0.15) is 13.2 Å². The van der Waals surface area contributed by atoms with E-state index in [9.17, 15) is 13.2 Å². The molecule has 1 aliphatic rings. The third-order valence-corrected chi connectivity index (χ3v) is 3.50. The van der Waals surface area contributed by atoms with Crippen molar-refractivity contribution in [1.82, 2.24) is 10.2 Å². The van der Waals surface area contributed by atoms with Crippen molar-refractivity contribution in [2.75, 3.05) is 27.2 Å². The van der Waals surface area contributed by atoms with Gasteiger partial charge in [0, 0.05) is 19.1 Å². The highest BCUT2D eigenvalue weighted by atomic mass is 19.4. The van der Waals surface area contributed by atoms with Crippen molar-refractivity contribution in [3.8, 4) is 0 Å². The number of alkyl halides is 3. The summed E-state index contributed by atoms with van der Waals surface area (Å²) in [5.74, 6) is -1.07. The van der Waals surface area contributed by atoms with Crippen molar-refractivity contribution < 1.29 is 13.2 Å². The largest absolute Gasteiger partial charge is 0.391 e. The number of hydrogen-bond donors (Lipinski definition) is 1. The summed E-state index contributed by atoms with van der Waals surface area (Å²) in [5, 5.41) is 3.05. The summed E-state index contributed by atoms with van der Waals surface area (Å²) in [6.07, 6.45) is -2.07. The maximum Gasteiger partial charge on any atom is 0.391 e. The molecule has 0 aromatic rings. The van der Waals surface area contributed by atoms with E-state index in [1.54, 1.807) is 0 Å². The van der Waals surface area contributed by atoms with Gasteiger partial charge in [-0.15, -0.1) is 0 Å². The zero-order chi connectivity index (χ0) is 12.2. The molecule has 0 unspecified atom stereocenters. The molecule has 2 nitrogen and oxygen atoms in total. The molecule has 16 heavy (non-hydrogen) atoms. The lowest BCUT2D eigenvalue weighted by atomic mass is 9.85. The minimum absolute atomic E-state index is 0.290. The van der Waals surface area contributed by atoms with Gasteiger partial charge in [-0.25, -0.2) is 0 Å². The molecule has 1 saturated carbocycles. The van der Waals surface area contributed by atoms with Crippen LogP contribution in [0.5, 0.6) is 0 Å². The predicted octanol–water partition coefficient (Wildman–Crippen LogP) is 2.26. The van der Waals surface area contributed by atoms with Gasteiger partial charge in [-0.1, -0.05) is 0 Å². The molecule has 0 bridgehead atoms. The Hall–Kier alpha value is -0.290. The molecule has 96 valence electrons. The summed E-state index contributed by atoms with van der Waals surface area (Å²) in [7, 11) is 3.88. The van der Waals surface area contributed by atoms with Gasteiger partial charge in [0.1, 0.15) is 0 Å². The van der Waals surface area contributed by atoms with Gasteiger partial charge in [-0.05, 0) is 39.8 Å². The molecular weight excluding hydrogens is 217 g/mol. The van der Waals surface area contributed by atoms with Gasteiger partial charge in [0.15, 0.2) is 0 Å². The topological polar surface area (TPSA) is 15.3 Å². The molecule has 0 amide bonds. The first-order valence-electron chi connectivity index (χ1n) is 5.86. The van der Waals surface area contributed by atoms with Crippen molar-refractivity contribution in [3.05, 3.63) is 0 Å². The maximum atomic E-state index is 12.4. The van der Waals surface area contributed by atoms with E-state index in [0.717, 1.165) is 13.1 Å². The van der Waals surface area contributed by atoms with E-state index in [2.05, 4.69) is 10.2 Å². The summed E-state index contributed by atoms with van der Waals surface area (Å²) in [6, 6.07) is 0.326. The van der Waals surface area contributed by atoms with E-state index < -0.39 is 12.1 Å². The minimum atomic E-state index is -3.99. The first kappa shape index (κ1) is 13.8. The molecule has 0 aromatic carbocycles. The molecule has 0 heterocycles. The summed E-state index contributed by atoms with van der Waals surface area (Å²) < 4.78 is 37.3. The van der Waals surface area contributed by atoms with Crippen LogP contribution in [0, 0.1) is 5.92 Å². The second kappa shape index (κ2) is 5.87. The van der Waals surface area contributed by atoms with Gasteiger partial charge in [0.05, 0.1) is 5.92 Å². The lowest BCUT2D eigenvalue weighted by molar-refractivity contribution is -0.184. The smallest absolute Gasteiger partial charge is 0.318 e. The summed E-state index contributed by atoms with van der Waals surface area (Å²) in [4.78, 5) is 2.17. The van der Waals surface area contributed by atoms with Crippen LogP contribution in [-0.2, 0) is 0 Å². The highest BCUT2D eigenvalue weighted by Gasteiger charge is 2.41. The van der Waals surface area contributed by atoms with Crippen LogP contribution in [0.4, 0.5) is 13.2 Å². The minimum Gasteiger partial charge on any atom is -0.318 e. The van der Waals surface area contributed by atoms with Crippen LogP contribution in [0.2, 0.25) is 0 Å². The second-order valence-electron chi connectivity index (χ2n) is 4.63.